The predicted octanol–water partition coefficient (Wildman–Crippen LogP) is 0.415. The number of carboxylic acids is 2. The second kappa shape index (κ2) is 32.3. The Bertz CT molecular complexity index is 2560. The molecule has 396 valence electrons. The summed E-state index contributed by atoms with van der Waals surface area (Å²) in [6.45, 7) is 8.32. The molecule has 0 fully saturated rings. The fourth-order valence-corrected chi connectivity index (χ4v) is 8.06. The predicted molar refractivity (Wildman–Crippen MR) is 266 cm³/mol. The van der Waals surface area contributed by atoms with Crippen LogP contribution in [0.25, 0.3) is 22.8 Å². The van der Waals surface area contributed by atoms with E-state index in [1.165, 1.54) is 24.3 Å². The molecule has 4 aromatic carbocycles. The van der Waals surface area contributed by atoms with Gasteiger partial charge in [-0.05, 0) is 97.2 Å². The van der Waals surface area contributed by atoms with Crippen LogP contribution in [0.5, 0.6) is 0 Å². The molecule has 4 atom stereocenters. The summed E-state index contributed by atoms with van der Waals surface area (Å²) < 4.78 is 41.5. The molecule has 2 amide bonds. The van der Waals surface area contributed by atoms with Crippen LogP contribution in [0.1, 0.15) is 101 Å². The van der Waals surface area contributed by atoms with Gasteiger partial charge in [-0.15, -0.1) is 0 Å². The largest absolute Gasteiger partial charge is 1.00 e. The van der Waals surface area contributed by atoms with Crippen molar-refractivity contribution >= 4 is 35.8 Å². The minimum Gasteiger partial charge on any atom is -0.550 e. The Hall–Kier alpha value is -5.52. The van der Waals surface area contributed by atoms with Crippen molar-refractivity contribution in [1.29, 1.82) is 0 Å². The van der Waals surface area contributed by atoms with E-state index in [4.69, 9.17) is 9.47 Å². The van der Waals surface area contributed by atoms with Crippen LogP contribution in [-0.4, -0.2) is 88.1 Å². The number of aliphatic carboxylic acids is 2. The maximum Gasteiger partial charge on any atom is 1.00 e. The van der Waals surface area contributed by atoms with E-state index in [2.05, 4.69) is 20.6 Å². The Labute approximate surface area is 484 Å². The number of nitrogens with one attached hydrogen (secondary N) is 2. The third-order valence-corrected chi connectivity index (χ3v) is 11.4. The minimum absolute atomic E-state index is 0. The first-order valence-electron chi connectivity index (χ1n) is 24.1. The van der Waals surface area contributed by atoms with Crippen LogP contribution in [0.4, 0.5) is 30.0 Å². The summed E-state index contributed by atoms with van der Waals surface area (Å²) in [7, 11) is 0. The molecule has 6 N–H and O–H groups in total. The quantitative estimate of drug-likeness (QED) is 0.0449. The Balaban J connectivity index is 0.000000390. The summed E-state index contributed by atoms with van der Waals surface area (Å²) in [5.41, 5.74) is 4.18. The fourth-order valence-electron chi connectivity index (χ4n) is 8.06. The number of ether oxygens (including phenoxy) is 2. The molecule has 0 aliphatic heterocycles. The summed E-state index contributed by atoms with van der Waals surface area (Å²) in [6, 6.07) is 29.9. The summed E-state index contributed by atoms with van der Waals surface area (Å²) in [4.78, 5) is 55.8. The van der Waals surface area contributed by atoms with Gasteiger partial charge in [0.25, 0.3) is 0 Å². The van der Waals surface area contributed by atoms with Gasteiger partial charge in [0, 0.05) is 49.0 Å². The molecule has 0 bridgehead atoms. The van der Waals surface area contributed by atoms with Crippen LogP contribution in [0.3, 0.4) is 0 Å². The van der Waals surface area contributed by atoms with Crippen molar-refractivity contribution in [1.82, 2.24) is 19.1 Å². The Morgan fingerprint density at radius 3 is 1.17 bits per heavy atom. The molecule has 18 nitrogen and oxygen atoms in total. The Morgan fingerprint density at radius 1 is 0.539 bits per heavy atom. The zero-order chi connectivity index (χ0) is 53.9. The van der Waals surface area contributed by atoms with Crippen LogP contribution in [0, 0.1) is 11.6 Å². The molecule has 2 heterocycles. The molecule has 6 aromatic rings. The molecule has 0 radical (unpaired) electrons. The number of aromatic nitrogens is 4. The van der Waals surface area contributed by atoms with Crippen molar-refractivity contribution in [2.24, 2.45) is 0 Å². The van der Waals surface area contributed by atoms with E-state index in [9.17, 15) is 58.6 Å². The van der Waals surface area contributed by atoms with Crippen LogP contribution < -0.4 is 80.0 Å². The number of hydrogen-bond donors (Lipinski definition) is 6. The number of imidazole rings is 2. The molecule has 0 aliphatic carbocycles. The molecule has 0 unspecified atom stereocenters. The monoisotopic (exact) mass is 1070 g/mol. The average Bonchev–Trinajstić information content (AvgIpc) is 3.89. The molecule has 0 saturated carbocycles. The number of anilines is 2. The van der Waals surface area contributed by atoms with Gasteiger partial charge in [0.15, 0.2) is 11.6 Å². The van der Waals surface area contributed by atoms with E-state index in [0.29, 0.717) is 34.2 Å². The topological polar surface area (TPSA) is 273 Å². The van der Waals surface area contributed by atoms with E-state index < -0.39 is 73.0 Å². The molecular formula is C54H62F2N6Na2O12. The van der Waals surface area contributed by atoms with Gasteiger partial charge in [-0.3, -0.25) is 10.6 Å². The van der Waals surface area contributed by atoms with E-state index >= 15 is 0 Å². The number of halogens is 2. The third-order valence-electron chi connectivity index (χ3n) is 11.4. The van der Waals surface area contributed by atoms with Crippen molar-refractivity contribution in [2.45, 2.75) is 129 Å². The molecule has 2 aromatic heterocycles. The van der Waals surface area contributed by atoms with Crippen molar-refractivity contribution in [3.8, 4) is 22.8 Å². The van der Waals surface area contributed by atoms with Crippen molar-refractivity contribution in [3.05, 3.63) is 143 Å². The normalized spacial score (nSPS) is 12.5. The number of rotatable bonds is 24. The van der Waals surface area contributed by atoms with Crippen LogP contribution in [-0.2, 0) is 45.4 Å². The number of aliphatic hydroxyl groups excluding tert-OH is 4. The van der Waals surface area contributed by atoms with Gasteiger partial charge in [-0.2, -0.15) is 0 Å². The number of carbonyl (C=O) groups excluding carboxylic acids is 4. The van der Waals surface area contributed by atoms with Crippen LogP contribution in [0.2, 0.25) is 0 Å². The SMILES string of the molecule is CC(C)c1c(NC(=O)OCc2ccccc2)nc(-c2ccc(F)cc2)n1CC[C@@H](O)C[C@@H](O)CC(=O)[O-].CC(C)c1c(NC(=O)OCc2ccccc2)nc(-c2ccc(F)cc2)n1CC[C@@H](O)C[C@@H](O)CC(=O)[O-].[Na+].[Na+]. The number of carboxylic acid groups (broad SMARTS) is 2. The first kappa shape index (κ1) is 64.8. The molecule has 0 spiro atoms. The van der Waals surface area contributed by atoms with Crippen LogP contribution >= 0.6 is 0 Å². The first-order valence-corrected chi connectivity index (χ1v) is 24.1. The van der Waals surface area contributed by atoms with Gasteiger partial charge in [0.2, 0.25) is 0 Å². The van der Waals surface area contributed by atoms with E-state index in [0.717, 1.165) is 11.1 Å². The van der Waals surface area contributed by atoms with E-state index in [-0.39, 0.29) is 135 Å². The van der Waals surface area contributed by atoms with Gasteiger partial charge in [-0.25, -0.2) is 28.3 Å². The van der Waals surface area contributed by atoms with Gasteiger partial charge in [0.1, 0.15) is 36.5 Å². The van der Waals surface area contributed by atoms with Crippen molar-refractivity contribution in [3.63, 3.8) is 0 Å². The maximum absolute atomic E-state index is 13.6. The van der Waals surface area contributed by atoms with Crippen molar-refractivity contribution < 1.29 is 127 Å². The maximum atomic E-state index is 13.6. The fraction of sp³-hybridized carbons (Fsp3) is 0.370. The van der Waals surface area contributed by atoms with Crippen LogP contribution in [0.15, 0.2) is 109 Å². The van der Waals surface area contributed by atoms with Gasteiger partial charge in [-0.1, -0.05) is 88.4 Å². The number of hydrogen-bond acceptors (Lipinski definition) is 14. The molecule has 22 heteroatoms. The number of benzene rings is 4. The van der Waals surface area contributed by atoms with Gasteiger partial charge in [0.05, 0.1) is 35.8 Å². The summed E-state index contributed by atoms with van der Waals surface area (Å²) in [5.74, 6) is -2.38. The van der Waals surface area contributed by atoms with E-state index in [1.807, 2.05) is 97.5 Å². The number of amides is 2. The van der Waals surface area contributed by atoms with Gasteiger partial charge >= 0.3 is 71.3 Å². The number of carbonyl (C=O) groups is 4. The molecule has 6 rings (SSSR count). The zero-order valence-electron chi connectivity index (χ0n) is 43.5. The second-order valence-corrected chi connectivity index (χ2v) is 18.2. The number of nitrogens with zero attached hydrogens (tertiary/aromatic N) is 4. The minimum atomic E-state index is -1.40. The summed E-state index contributed by atoms with van der Waals surface area (Å²) >= 11 is 0. The molecule has 0 saturated heterocycles. The zero-order valence-corrected chi connectivity index (χ0v) is 47.5. The molecule has 0 aliphatic rings. The molecule has 76 heavy (non-hydrogen) atoms. The molecular weight excluding hydrogens is 1010 g/mol. The van der Waals surface area contributed by atoms with E-state index in [1.54, 1.807) is 24.3 Å². The average molecular weight is 1070 g/mol. The third kappa shape index (κ3) is 20.8. The Morgan fingerprint density at radius 2 is 0.868 bits per heavy atom. The first-order chi connectivity index (χ1) is 35.3. The summed E-state index contributed by atoms with van der Waals surface area (Å²) in [6.07, 6.45) is -6.91. The Kier molecular flexibility index (Phi) is 27.5. The van der Waals surface area contributed by atoms with Crippen molar-refractivity contribution in [2.75, 3.05) is 10.6 Å². The number of aliphatic hydroxyl groups is 4. The second-order valence-electron chi connectivity index (χ2n) is 18.2. The van der Waals surface area contributed by atoms with Gasteiger partial charge < -0.3 is 58.8 Å². The standard InChI is InChI=1S/2C27H32FN3O6.2Na/c2*1-17(2)24-25(30-27(36)37-16-18-6-4-3-5-7-18)29-26(19-8-10-20(28)11-9-19)31(24)13-12-21(32)14-22(33)15-23(34)35;;/h2*3-11,17,21-22,32-33H,12-16H2,1-2H3,(H,30,36)(H,34,35);;/q;;2*+1/p-2/t2*21-,22-;;/m11../s1. The summed E-state index contributed by atoms with van der Waals surface area (Å²) in [5, 5.41) is 67.3. The smallest absolute Gasteiger partial charge is 0.550 e.